The van der Waals surface area contributed by atoms with Crippen LogP contribution in [0.3, 0.4) is 0 Å². The van der Waals surface area contributed by atoms with E-state index < -0.39 is 5.41 Å². The van der Waals surface area contributed by atoms with Crippen molar-refractivity contribution >= 4 is 11.8 Å². The summed E-state index contributed by atoms with van der Waals surface area (Å²) in [4.78, 5) is 40.9. The van der Waals surface area contributed by atoms with E-state index >= 15 is 0 Å². The first-order chi connectivity index (χ1) is 11.6. The Morgan fingerprint density at radius 1 is 1.36 bits per heavy atom. The number of aromatic amines is 1. The van der Waals surface area contributed by atoms with Crippen LogP contribution in [0.1, 0.15) is 68.9 Å². The van der Waals surface area contributed by atoms with Crippen LogP contribution in [0.15, 0.2) is 16.9 Å². The molecule has 1 atom stereocenters. The lowest BCUT2D eigenvalue weighted by molar-refractivity contribution is -0.127. The number of likely N-dealkylation sites (tertiary alicyclic amines) is 1. The van der Waals surface area contributed by atoms with E-state index in [1.165, 1.54) is 6.07 Å². The van der Waals surface area contributed by atoms with Crippen LogP contribution in [-0.4, -0.2) is 34.8 Å². The Balaban J connectivity index is 2.14. The fraction of sp³-hybridized carbons (Fsp3) is 0.632. The van der Waals surface area contributed by atoms with Crippen LogP contribution in [0.2, 0.25) is 0 Å². The van der Waals surface area contributed by atoms with Crippen LogP contribution >= 0.6 is 0 Å². The zero-order chi connectivity index (χ0) is 18.8. The van der Waals surface area contributed by atoms with Gasteiger partial charge in [0.1, 0.15) is 0 Å². The molecule has 25 heavy (non-hydrogen) atoms. The lowest BCUT2D eigenvalue weighted by Crippen LogP contribution is -2.43. The highest BCUT2D eigenvalue weighted by atomic mass is 16.2. The molecule has 2 amide bonds. The second-order valence-corrected chi connectivity index (χ2v) is 8.05. The summed E-state index contributed by atoms with van der Waals surface area (Å²) in [5.74, 6) is -0.0422. The molecule has 6 heteroatoms. The Kier molecular flexibility index (Phi) is 5.70. The van der Waals surface area contributed by atoms with Crippen LogP contribution in [0, 0.1) is 11.3 Å². The number of aromatic nitrogens is 1. The lowest BCUT2D eigenvalue weighted by atomic mass is 9.79. The molecule has 1 aromatic rings. The molecule has 1 aliphatic rings. The number of nitrogens with zero attached hydrogens (tertiary/aromatic N) is 1. The number of rotatable bonds is 5. The van der Waals surface area contributed by atoms with Crippen LogP contribution < -0.4 is 11.3 Å². The van der Waals surface area contributed by atoms with Gasteiger partial charge < -0.3 is 15.6 Å². The normalized spacial score (nSPS) is 18.4. The molecule has 0 saturated carbocycles. The second-order valence-electron chi connectivity index (χ2n) is 8.05. The monoisotopic (exact) mass is 347 g/mol. The lowest BCUT2D eigenvalue weighted by Gasteiger charge is -2.36. The van der Waals surface area contributed by atoms with Crippen LogP contribution in [-0.2, 0) is 4.79 Å². The molecule has 3 N–H and O–H groups in total. The van der Waals surface area contributed by atoms with Gasteiger partial charge in [-0.15, -0.1) is 0 Å². The highest BCUT2D eigenvalue weighted by molar-refractivity contribution is 5.94. The van der Waals surface area contributed by atoms with Crippen molar-refractivity contribution in [2.45, 2.75) is 52.9 Å². The van der Waals surface area contributed by atoms with Crippen molar-refractivity contribution in [3.63, 3.8) is 0 Å². The van der Waals surface area contributed by atoms with Gasteiger partial charge in [0.25, 0.3) is 5.91 Å². The molecular formula is C19H29N3O3. The van der Waals surface area contributed by atoms with Gasteiger partial charge in [-0.25, -0.2) is 0 Å². The fourth-order valence-corrected chi connectivity index (χ4v) is 3.42. The summed E-state index contributed by atoms with van der Waals surface area (Å²) in [6.07, 6.45) is 2.54. The van der Waals surface area contributed by atoms with Crippen molar-refractivity contribution < 1.29 is 9.59 Å². The van der Waals surface area contributed by atoms with E-state index in [2.05, 4.69) is 4.98 Å². The van der Waals surface area contributed by atoms with Crippen molar-refractivity contribution in [1.82, 2.24) is 9.88 Å². The zero-order valence-electron chi connectivity index (χ0n) is 15.6. The summed E-state index contributed by atoms with van der Waals surface area (Å²) in [5.41, 5.74) is 5.84. The van der Waals surface area contributed by atoms with Crippen molar-refractivity contribution in [3.8, 4) is 0 Å². The third kappa shape index (κ3) is 4.71. The highest BCUT2D eigenvalue weighted by Gasteiger charge is 2.32. The summed E-state index contributed by atoms with van der Waals surface area (Å²) < 4.78 is 0. The van der Waals surface area contributed by atoms with Crippen molar-refractivity contribution in [1.29, 1.82) is 0 Å². The third-order valence-electron chi connectivity index (χ3n) is 5.01. The SMILES string of the molecule is CC(C)c1cc(C(=O)N2CCCC(CC(C)(C)C(N)=O)C2)cc(=O)[nH]1. The Bertz CT molecular complexity index is 706. The van der Waals surface area contributed by atoms with Crippen molar-refractivity contribution in [2.24, 2.45) is 17.1 Å². The number of carbonyl (C=O) groups excluding carboxylic acids is 2. The number of hydrogen-bond acceptors (Lipinski definition) is 3. The molecular weight excluding hydrogens is 318 g/mol. The minimum Gasteiger partial charge on any atom is -0.369 e. The van der Waals surface area contributed by atoms with E-state index in [0.29, 0.717) is 25.1 Å². The first-order valence-corrected chi connectivity index (χ1v) is 8.93. The summed E-state index contributed by atoms with van der Waals surface area (Å²) in [6.45, 7) is 8.92. The summed E-state index contributed by atoms with van der Waals surface area (Å²) in [7, 11) is 0. The number of carbonyl (C=O) groups is 2. The molecule has 0 spiro atoms. The van der Waals surface area contributed by atoms with Gasteiger partial charge >= 0.3 is 0 Å². The maximum absolute atomic E-state index is 12.9. The predicted octanol–water partition coefficient (Wildman–Crippen LogP) is 2.25. The van der Waals surface area contributed by atoms with Gasteiger partial charge in [0.2, 0.25) is 11.5 Å². The first-order valence-electron chi connectivity index (χ1n) is 8.93. The van der Waals surface area contributed by atoms with Crippen LogP contribution in [0.5, 0.6) is 0 Å². The van der Waals surface area contributed by atoms with Crippen molar-refractivity contribution in [3.05, 3.63) is 33.7 Å². The Labute approximate surface area is 148 Å². The molecule has 1 unspecified atom stereocenters. The number of piperidine rings is 1. The molecule has 0 aliphatic carbocycles. The number of hydrogen-bond donors (Lipinski definition) is 2. The number of amides is 2. The van der Waals surface area contributed by atoms with E-state index in [1.54, 1.807) is 11.0 Å². The molecule has 2 heterocycles. The van der Waals surface area contributed by atoms with Gasteiger partial charge in [0, 0.05) is 35.8 Å². The first kappa shape index (κ1) is 19.2. The van der Waals surface area contributed by atoms with E-state index in [9.17, 15) is 14.4 Å². The van der Waals surface area contributed by atoms with Gasteiger partial charge in [0.15, 0.2) is 0 Å². The summed E-state index contributed by atoms with van der Waals surface area (Å²) in [6, 6.07) is 3.14. The summed E-state index contributed by atoms with van der Waals surface area (Å²) in [5, 5.41) is 0. The van der Waals surface area contributed by atoms with Gasteiger partial charge in [-0.05, 0) is 37.2 Å². The zero-order valence-corrected chi connectivity index (χ0v) is 15.6. The largest absolute Gasteiger partial charge is 0.369 e. The average molecular weight is 347 g/mol. The second kappa shape index (κ2) is 7.42. The van der Waals surface area contributed by atoms with Gasteiger partial charge in [-0.1, -0.05) is 27.7 Å². The number of primary amides is 1. The summed E-state index contributed by atoms with van der Waals surface area (Å²) >= 11 is 0. The number of nitrogens with two attached hydrogens (primary N) is 1. The fourth-order valence-electron chi connectivity index (χ4n) is 3.42. The smallest absolute Gasteiger partial charge is 0.254 e. The third-order valence-corrected chi connectivity index (χ3v) is 5.01. The van der Waals surface area contributed by atoms with Crippen LogP contribution in [0.4, 0.5) is 0 Å². The Morgan fingerprint density at radius 3 is 2.64 bits per heavy atom. The van der Waals surface area contributed by atoms with Crippen molar-refractivity contribution in [2.75, 3.05) is 13.1 Å². The molecule has 1 aromatic heterocycles. The molecule has 2 rings (SSSR count). The number of H-pyrrole nitrogens is 1. The number of pyridine rings is 1. The van der Waals surface area contributed by atoms with Gasteiger partial charge in [-0.2, -0.15) is 0 Å². The van der Waals surface area contributed by atoms with Gasteiger partial charge in [-0.3, -0.25) is 14.4 Å². The van der Waals surface area contributed by atoms with Gasteiger partial charge in [0.05, 0.1) is 0 Å². The standard InChI is InChI=1S/C19H29N3O3/c1-12(2)15-8-14(9-16(23)21-15)17(24)22-7-5-6-13(11-22)10-19(3,4)18(20)25/h8-9,12-13H,5-7,10-11H2,1-4H3,(H2,20,25)(H,21,23). The minimum absolute atomic E-state index is 0.116. The van der Waals surface area contributed by atoms with E-state index in [-0.39, 0.29) is 29.2 Å². The Morgan fingerprint density at radius 2 is 2.04 bits per heavy atom. The quantitative estimate of drug-likeness (QED) is 0.855. The van der Waals surface area contributed by atoms with E-state index in [0.717, 1.165) is 18.5 Å². The molecule has 1 saturated heterocycles. The molecule has 0 bridgehead atoms. The van der Waals surface area contributed by atoms with E-state index in [4.69, 9.17) is 5.73 Å². The number of nitrogens with one attached hydrogen (secondary N) is 1. The molecule has 0 radical (unpaired) electrons. The van der Waals surface area contributed by atoms with E-state index in [1.807, 2.05) is 27.7 Å². The average Bonchev–Trinajstić information content (AvgIpc) is 2.53. The molecule has 1 fully saturated rings. The molecule has 138 valence electrons. The minimum atomic E-state index is -0.578. The topological polar surface area (TPSA) is 96.3 Å². The molecule has 0 aromatic carbocycles. The molecule has 6 nitrogen and oxygen atoms in total. The maximum Gasteiger partial charge on any atom is 0.254 e. The highest BCUT2D eigenvalue weighted by Crippen LogP contribution is 2.31. The molecule has 1 aliphatic heterocycles. The maximum atomic E-state index is 12.9. The van der Waals surface area contributed by atoms with Crippen LogP contribution in [0.25, 0.3) is 0 Å². The Hall–Kier alpha value is -2.11. The predicted molar refractivity (Wildman–Crippen MR) is 97.4 cm³/mol.